The van der Waals surface area contributed by atoms with Gasteiger partial charge in [-0.25, -0.2) is 13.8 Å². The summed E-state index contributed by atoms with van der Waals surface area (Å²) in [5.41, 5.74) is 0.109. The van der Waals surface area contributed by atoms with Crippen LogP contribution in [-0.4, -0.2) is 22.6 Å². The van der Waals surface area contributed by atoms with Crippen molar-refractivity contribution in [3.05, 3.63) is 59.3 Å². The quantitative estimate of drug-likeness (QED) is 0.830. The average molecular weight is 288 g/mol. The summed E-state index contributed by atoms with van der Waals surface area (Å²) in [7, 11) is 0. The van der Waals surface area contributed by atoms with Crippen LogP contribution in [0.4, 0.5) is 14.6 Å². The molecule has 0 spiro atoms. The summed E-state index contributed by atoms with van der Waals surface area (Å²) in [6.45, 7) is -0.293. The fourth-order valence-electron chi connectivity index (χ4n) is 1.57. The van der Waals surface area contributed by atoms with Crippen LogP contribution in [0.1, 0.15) is 15.9 Å². The number of anilines is 1. The minimum absolute atomic E-state index is 0.147. The average Bonchev–Trinajstić information content (AvgIpc) is 2.48. The lowest BCUT2D eigenvalue weighted by Gasteiger charge is -2.05. The van der Waals surface area contributed by atoms with E-state index in [2.05, 4.69) is 22.1 Å². The Bertz CT molecular complexity index is 736. The molecule has 1 aromatic heterocycles. The fraction of sp³-hybridized carbons (Fsp3) is 0.0667. The Balaban J connectivity index is 2.21. The molecule has 2 rings (SSSR count). The number of aromatic nitrogens is 1. The van der Waals surface area contributed by atoms with Crippen LogP contribution in [0.2, 0.25) is 0 Å². The highest BCUT2D eigenvalue weighted by atomic mass is 19.1. The van der Waals surface area contributed by atoms with Gasteiger partial charge in [0, 0.05) is 11.8 Å². The van der Waals surface area contributed by atoms with Gasteiger partial charge in [-0.2, -0.15) is 0 Å². The molecule has 0 unspecified atom stereocenters. The lowest BCUT2D eigenvalue weighted by molar-refractivity contribution is 0.102. The van der Waals surface area contributed by atoms with E-state index in [-0.39, 0.29) is 12.4 Å². The highest BCUT2D eigenvalue weighted by Gasteiger charge is 2.13. The van der Waals surface area contributed by atoms with E-state index in [1.807, 2.05) is 0 Å². The maximum absolute atomic E-state index is 13.5. The van der Waals surface area contributed by atoms with Gasteiger partial charge in [0.25, 0.3) is 5.91 Å². The van der Waals surface area contributed by atoms with Crippen LogP contribution >= 0.6 is 0 Å². The number of amides is 1. The van der Waals surface area contributed by atoms with Crippen LogP contribution in [0.15, 0.2) is 36.5 Å². The number of aliphatic hydroxyl groups excluding tert-OH is 1. The highest BCUT2D eigenvalue weighted by molar-refractivity contribution is 6.04. The number of nitrogens with zero attached hydrogens (tertiary/aromatic N) is 1. The summed E-state index contributed by atoms with van der Waals surface area (Å²) in [5.74, 6) is 2.89. The van der Waals surface area contributed by atoms with Crippen LogP contribution in [0, 0.1) is 23.5 Å². The van der Waals surface area contributed by atoms with Crippen molar-refractivity contribution >= 4 is 11.7 Å². The van der Waals surface area contributed by atoms with Crippen molar-refractivity contribution < 1.29 is 18.7 Å². The molecule has 4 nitrogen and oxygen atoms in total. The Labute approximate surface area is 119 Å². The van der Waals surface area contributed by atoms with Crippen LogP contribution < -0.4 is 5.32 Å². The second-order valence-corrected chi connectivity index (χ2v) is 3.97. The fourth-order valence-corrected chi connectivity index (χ4v) is 1.57. The van der Waals surface area contributed by atoms with E-state index < -0.39 is 23.1 Å². The zero-order valence-corrected chi connectivity index (χ0v) is 10.7. The van der Waals surface area contributed by atoms with Gasteiger partial charge in [0.15, 0.2) is 0 Å². The first-order chi connectivity index (χ1) is 10.1. The number of rotatable bonds is 2. The third kappa shape index (κ3) is 3.84. The van der Waals surface area contributed by atoms with Crippen LogP contribution in [0.5, 0.6) is 0 Å². The van der Waals surface area contributed by atoms with Crippen LogP contribution in [0.25, 0.3) is 0 Å². The second-order valence-electron chi connectivity index (χ2n) is 3.97. The van der Waals surface area contributed by atoms with Crippen LogP contribution in [-0.2, 0) is 0 Å². The monoisotopic (exact) mass is 288 g/mol. The minimum Gasteiger partial charge on any atom is -0.384 e. The van der Waals surface area contributed by atoms with Crippen molar-refractivity contribution in [1.29, 1.82) is 0 Å². The molecule has 2 aromatic rings. The van der Waals surface area contributed by atoms with E-state index in [4.69, 9.17) is 5.11 Å². The number of hydrogen-bond acceptors (Lipinski definition) is 3. The van der Waals surface area contributed by atoms with Crippen molar-refractivity contribution in [2.75, 3.05) is 11.9 Å². The van der Waals surface area contributed by atoms with E-state index >= 15 is 0 Å². The predicted molar refractivity (Wildman–Crippen MR) is 72.5 cm³/mol. The normalized spacial score (nSPS) is 9.67. The van der Waals surface area contributed by atoms with Gasteiger partial charge in [-0.3, -0.25) is 4.79 Å². The van der Waals surface area contributed by atoms with Gasteiger partial charge in [-0.1, -0.05) is 11.8 Å². The molecule has 1 aromatic carbocycles. The molecule has 1 heterocycles. The van der Waals surface area contributed by atoms with Crippen molar-refractivity contribution in [1.82, 2.24) is 4.98 Å². The standard InChI is InChI=1S/C15H10F2N2O2/c16-11-3-4-13(17)12(9-11)15(21)19-14-8-10(2-1-7-20)5-6-18-14/h3-6,8-9,20H,7H2,(H,18,19,21). The zero-order chi connectivity index (χ0) is 15.2. The first kappa shape index (κ1) is 14.6. The molecule has 2 N–H and O–H groups in total. The number of pyridine rings is 1. The molecule has 0 aliphatic rings. The minimum atomic E-state index is -0.829. The molecule has 0 saturated heterocycles. The van der Waals surface area contributed by atoms with Gasteiger partial charge >= 0.3 is 0 Å². The smallest absolute Gasteiger partial charge is 0.259 e. The Hall–Kier alpha value is -2.78. The van der Waals surface area contributed by atoms with E-state index in [0.29, 0.717) is 5.56 Å². The zero-order valence-electron chi connectivity index (χ0n) is 10.7. The summed E-state index contributed by atoms with van der Waals surface area (Å²) >= 11 is 0. The molecule has 6 heteroatoms. The van der Waals surface area contributed by atoms with Gasteiger partial charge in [0.05, 0.1) is 5.56 Å². The number of hydrogen-bond donors (Lipinski definition) is 2. The molecule has 0 bridgehead atoms. The molecule has 106 valence electrons. The summed E-state index contributed by atoms with van der Waals surface area (Å²) in [6.07, 6.45) is 1.40. The van der Waals surface area contributed by atoms with E-state index in [1.165, 1.54) is 12.3 Å². The van der Waals surface area contributed by atoms with Crippen molar-refractivity contribution in [3.8, 4) is 11.8 Å². The van der Waals surface area contributed by atoms with Gasteiger partial charge in [0.2, 0.25) is 0 Å². The molecule has 21 heavy (non-hydrogen) atoms. The van der Waals surface area contributed by atoms with E-state index in [9.17, 15) is 13.6 Å². The summed E-state index contributed by atoms with van der Waals surface area (Å²) in [4.78, 5) is 15.8. The maximum atomic E-state index is 13.5. The Morgan fingerprint density at radius 3 is 2.86 bits per heavy atom. The van der Waals surface area contributed by atoms with Crippen molar-refractivity contribution in [3.63, 3.8) is 0 Å². The number of carbonyl (C=O) groups excluding carboxylic acids is 1. The molecule has 0 radical (unpaired) electrons. The molecule has 0 fully saturated rings. The predicted octanol–water partition coefficient (Wildman–Crippen LogP) is 1.96. The number of nitrogens with one attached hydrogen (secondary N) is 1. The van der Waals surface area contributed by atoms with Gasteiger partial charge in [-0.05, 0) is 30.3 Å². The number of carbonyl (C=O) groups is 1. The van der Waals surface area contributed by atoms with Gasteiger partial charge < -0.3 is 10.4 Å². The summed E-state index contributed by atoms with van der Waals surface area (Å²) in [6, 6.07) is 5.65. The Morgan fingerprint density at radius 2 is 2.10 bits per heavy atom. The van der Waals surface area contributed by atoms with Gasteiger partial charge in [0.1, 0.15) is 24.1 Å². The number of halogens is 2. The number of aliphatic hydroxyl groups is 1. The van der Waals surface area contributed by atoms with E-state index in [1.54, 1.807) is 6.07 Å². The second kappa shape index (κ2) is 6.59. The number of benzene rings is 1. The first-order valence-electron chi connectivity index (χ1n) is 5.92. The maximum Gasteiger partial charge on any atom is 0.259 e. The lowest BCUT2D eigenvalue weighted by atomic mass is 10.2. The van der Waals surface area contributed by atoms with Gasteiger partial charge in [-0.15, -0.1) is 0 Å². The first-order valence-corrected chi connectivity index (χ1v) is 5.92. The molecular formula is C15H10F2N2O2. The highest BCUT2D eigenvalue weighted by Crippen LogP contribution is 2.13. The van der Waals surface area contributed by atoms with E-state index in [0.717, 1.165) is 18.2 Å². The summed E-state index contributed by atoms with van der Waals surface area (Å²) < 4.78 is 26.5. The molecule has 0 aliphatic heterocycles. The third-order valence-electron chi connectivity index (χ3n) is 2.49. The SMILES string of the molecule is O=C(Nc1cc(C#CCO)ccn1)c1cc(F)ccc1F. The molecule has 0 saturated carbocycles. The Kier molecular flexibility index (Phi) is 4.59. The van der Waals surface area contributed by atoms with Crippen molar-refractivity contribution in [2.45, 2.75) is 0 Å². The third-order valence-corrected chi connectivity index (χ3v) is 2.49. The molecular weight excluding hydrogens is 278 g/mol. The van der Waals surface area contributed by atoms with Crippen LogP contribution in [0.3, 0.4) is 0 Å². The molecule has 0 aliphatic carbocycles. The largest absolute Gasteiger partial charge is 0.384 e. The molecule has 1 amide bonds. The Morgan fingerprint density at radius 1 is 1.29 bits per heavy atom. The molecule has 0 atom stereocenters. The summed E-state index contributed by atoms with van der Waals surface area (Å²) in [5, 5.41) is 11.0. The lowest BCUT2D eigenvalue weighted by Crippen LogP contribution is -2.15. The van der Waals surface area contributed by atoms with Crippen molar-refractivity contribution in [2.24, 2.45) is 0 Å². The topological polar surface area (TPSA) is 62.2 Å².